The van der Waals surface area contributed by atoms with Gasteiger partial charge in [-0.3, -0.25) is 4.79 Å². The summed E-state index contributed by atoms with van der Waals surface area (Å²) in [4.78, 5) is 22.6. The quantitative estimate of drug-likeness (QED) is 0.701. The second kappa shape index (κ2) is 8.16. The van der Waals surface area contributed by atoms with Crippen LogP contribution in [-0.2, 0) is 20.7 Å². The molecule has 0 saturated carbocycles. The summed E-state index contributed by atoms with van der Waals surface area (Å²) in [6.07, 6.45) is -0.575. The van der Waals surface area contributed by atoms with E-state index in [9.17, 15) is 14.7 Å². The van der Waals surface area contributed by atoms with Gasteiger partial charge < -0.3 is 19.9 Å². The number of para-hydroxylation sites is 1. The van der Waals surface area contributed by atoms with Crippen LogP contribution in [0.2, 0.25) is 0 Å². The highest BCUT2D eigenvalue weighted by Gasteiger charge is 2.16. The van der Waals surface area contributed by atoms with Crippen molar-refractivity contribution in [1.29, 1.82) is 0 Å². The fourth-order valence-corrected chi connectivity index (χ4v) is 1.68. The van der Waals surface area contributed by atoms with Crippen molar-refractivity contribution < 1.29 is 24.2 Å². The molecule has 0 radical (unpaired) electrons. The van der Waals surface area contributed by atoms with E-state index < -0.39 is 12.1 Å². The summed E-state index contributed by atoms with van der Waals surface area (Å²) in [7, 11) is 2.75. The second-order valence-corrected chi connectivity index (χ2v) is 4.15. The Balaban J connectivity index is 2.38. The Kier molecular flexibility index (Phi) is 6.52. The Hall–Kier alpha value is -2.08. The molecule has 1 atom stereocenters. The normalized spacial score (nSPS) is 11.6. The van der Waals surface area contributed by atoms with E-state index in [4.69, 9.17) is 4.74 Å². The van der Waals surface area contributed by atoms with E-state index in [1.165, 1.54) is 7.11 Å². The van der Waals surface area contributed by atoms with Crippen LogP contribution < -0.4 is 10.1 Å². The maximum atomic E-state index is 11.6. The summed E-state index contributed by atoms with van der Waals surface area (Å²) in [5.41, 5.74) is 0.929. The van der Waals surface area contributed by atoms with Crippen LogP contribution in [0.3, 0.4) is 0 Å². The van der Waals surface area contributed by atoms with E-state index in [0.29, 0.717) is 6.42 Å². The monoisotopic (exact) mass is 281 g/mol. The van der Waals surface area contributed by atoms with Crippen LogP contribution in [0.15, 0.2) is 24.3 Å². The topological polar surface area (TPSA) is 84.9 Å². The minimum absolute atomic E-state index is 0.155. The number of methoxy groups -OCH3 is 2. The van der Waals surface area contributed by atoms with Crippen molar-refractivity contribution in [2.24, 2.45) is 0 Å². The van der Waals surface area contributed by atoms with Crippen LogP contribution in [0.25, 0.3) is 0 Å². The smallest absolute Gasteiger partial charge is 0.336 e. The number of hydrogen-bond donors (Lipinski definition) is 2. The Morgan fingerprint density at radius 1 is 1.30 bits per heavy atom. The molecule has 0 aliphatic rings. The van der Waals surface area contributed by atoms with Crippen molar-refractivity contribution in [1.82, 2.24) is 5.32 Å². The fraction of sp³-hybridized carbons (Fsp3) is 0.429. The molecule has 6 heteroatoms. The molecule has 0 aromatic heterocycles. The summed E-state index contributed by atoms with van der Waals surface area (Å²) in [5.74, 6) is -0.288. The van der Waals surface area contributed by atoms with Gasteiger partial charge in [0, 0.05) is 6.42 Å². The third-order valence-corrected chi connectivity index (χ3v) is 2.78. The van der Waals surface area contributed by atoms with E-state index in [0.717, 1.165) is 11.3 Å². The number of rotatable bonds is 7. The van der Waals surface area contributed by atoms with E-state index in [2.05, 4.69) is 10.1 Å². The van der Waals surface area contributed by atoms with Crippen LogP contribution in [0.4, 0.5) is 0 Å². The van der Waals surface area contributed by atoms with Gasteiger partial charge in [-0.15, -0.1) is 0 Å². The molecule has 0 fully saturated rings. The van der Waals surface area contributed by atoms with Gasteiger partial charge in [-0.05, 0) is 18.1 Å². The molecular weight excluding hydrogens is 262 g/mol. The number of aryl methyl sites for hydroxylation is 1. The van der Waals surface area contributed by atoms with Gasteiger partial charge in [0.15, 0.2) is 6.10 Å². The molecule has 0 aliphatic heterocycles. The Morgan fingerprint density at radius 3 is 2.65 bits per heavy atom. The summed E-state index contributed by atoms with van der Waals surface area (Å²) in [5, 5.41) is 11.8. The molecule has 0 saturated heterocycles. The number of nitrogens with one attached hydrogen (secondary N) is 1. The van der Waals surface area contributed by atoms with Crippen LogP contribution >= 0.6 is 0 Å². The molecule has 0 bridgehead atoms. The van der Waals surface area contributed by atoms with Crippen molar-refractivity contribution in [3.05, 3.63) is 29.8 Å². The van der Waals surface area contributed by atoms with Crippen LogP contribution in [0.5, 0.6) is 5.75 Å². The molecule has 0 heterocycles. The lowest BCUT2D eigenvalue weighted by Crippen LogP contribution is -2.37. The number of hydrogen-bond acceptors (Lipinski definition) is 5. The van der Waals surface area contributed by atoms with E-state index in [1.54, 1.807) is 7.11 Å². The van der Waals surface area contributed by atoms with Crippen molar-refractivity contribution in [2.45, 2.75) is 18.9 Å². The maximum absolute atomic E-state index is 11.6. The van der Waals surface area contributed by atoms with Crippen molar-refractivity contribution in [3.63, 3.8) is 0 Å². The standard InChI is InChI=1S/C14H19NO5/c1-19-12-6-4-3-5-10(12)7-8-13(17)15-9-11(16)14(18)20-2/h3-6,11,16H,7-9H2,1-2H3,(H,15,17). The van der Waals surface area contributed by atoms with Gasteiger partial charge in [-0.25, -0.2) is 4.79 Å². The number of carbonyl (C=O) groups excluding carboxylic acids is 2. The zero-order valence-electron chi connectivity index (χ0n) is 11.6. The third-order valence-electron chi connectivity index (χ3n) is 2.78. The van der Waals surface area contributed by atoms with Crippen molar-refractivity contribution in [2.75, 3.05) is 20.8 Å². The number of carbonyl (C=O) groups is 2. The predicted molar refractivity (Wildman–Crippen MR) is 72.3 cm³/mol. The van der Waals surface area contributed by atoms with Crippen LogP contribution in [-0.4, -0.2) is 43.9 Å². The first kappa shape index (κ1) is 16.0. The number of ether oxygens (including phenoxy) is 2. The fourth-order valence-electron chi connectivity index (χ4n) is 1.68. The zero-order valence-corrected chi connectivity index (χ0v) is 11.6. The molecule has 1 unspecified atom stereocenters. The number of aliphatic hydroxyl groups excluding tert-OH is 1. The molecule has 2 N–H and O–H groups in total. The number of benzene rings is 1. The molecule has 20 heavy (non-hydrogen) atoms. The van der Waals surface area contributed by atoms with E-state index >= 15 is 0 Å². The van der Waals surface area contributed by atoms with Gasteiger partial charge in [-0.2, -0.15) is 0 Å². The molecule has 0 aliphatic carbocycles. The Labute approximate surface area is 117 Å². The zero-order chi connectivity index (χ0) is 15.0. The summed E-state index contributed by atoms with van der Waals surface area (Å²) in [6, 6.07) is 7.44. The molecule has 1 aromatic rings. The van der Waals surface area contributed by atoms with Gasteiger partial charge in [0.05, 0.1) is 20.8 Å². The number of amides is 1. The molecule has 0 spiro atoms. The van der Waals surface area contributed by atoms with E-state index in [-0.39, 0.29) is 18.9 Å². The van der Waals surface area contributed by atoms with Crippen LogP contribution in [0, 0.1) is 0 Å². The van der Waals surface area contributed by atoms with E-state index in [1.807, 2.05) is 24.3 Å². The lowest BCUT2D eigenvalue weighted by Gasteiger charge is -2.10. The average Bonchev–Trinajstić information content (AvgIpc) is 2.49. The molecule has 1 aromatic carbocycles. The van der Waals surface area contributed by atoms with Gasteiger partial charge in [-0.1, -0.05) is 18.2 Å². The summed E-state index contributed by atoms with van der Waals surface area (Å²) >= 11 is 0. The highest BCUT2D eigenvalue weighted by molar-refractivity contribution is 5.78. The maximum Gasteiger partial charge on any atom is 0.336 e. The number of esters is 1. The highest BCUT2D eigenvalue weighted by atomic mass is 16.5. The van der Waals surface area contributed by atoms with Crippen molar-refractivity contribution >= 4 is 11.9 Å². The molecular formula is C14H19NO5. The second-order valence-electron chi connectivity index (χ2n) is 4.15. The first-order chi connectivity index (χ1) is 9.58. The van der Waals surface area contributed by atoms with Gasteiger partial charge in [0.25, 0.3) is 0 Å². The first-order valence-electron chi connectivity index (χ1n) is 6.23. The lowest BCUT2D eigenvalue weighted by atomic mass is 10.1. The third kappa shape index (κ3) is 4.89. The molecule has 1 amide bonds. The Bertz CT molecular complexity index is 461. The van der Waals surface area contributed by atoms with Gasteiger partial charge in [0.1, 0.15) is 5.75 Å². The molecule has 1 rings (SSSR count). The van der Waals surface area contributed by atoms with Crippen LogP contribution in [0.1, 0.15) is 12.0 Å². The largest absolute Gasteiger partial charge is 0.496 e. The Morgan fingerprint density at radius 2 is 2.00 bits per heavy atom. The first-order valence-corrected chi connectivity index (χ1v) is 6.23. The van der Waals surface area contributed by atoms with Gasteiger partial charge >= 0.3 is 5.97 Å². The number of aliphatic hydroxyl groups is 1. The van der Waals surface area contributed by atoms with Crippen molar-refractivity contribution in [3.8, 4) is 5.75 Å². The SMILES string of the molecule is COC(=O)C(O)CNC(=O)CCc1ccccc1OC. The lowest BCUT2D eigenvalue weighted by molar-refractivity contribution is -0.150. The molecule has 110 valence electrons. The summed E-state index contributed by atoms with van der Waals surface area (Å²) in [6.45, 7) is -0.155. The highest BCUT2D eigenvalue weighted by Crippen LogP contribution is 2.18. The minimum atomic E-state index is -1.34. The average molecular weight is 281 g/mol. The van der Waals surface area contributed by atoms with Gasteiger partial charge in [0.2, 0.25) is 5.91 Å². The minimum Gasteiger partial charge on any atom is -0.496 e. The predicted octanol–water partition coefficient (Wildman–Crippen LogP) is 0.278. The summed E-state index contributed by atoms with van der Waals surface area (Å²) < 4.78 is 9.54. The molecule has 6 nitrogen and oxygen atoms in total.